The largest absolute Gasteiger partial charge is 4.00 e. The minimum atomic E-state index is 0. The summed E-state index contributed by atoms with van der Waals surface area (Å²) in [5.74, 6) is 0. The predicted molar refractivity (Wildman–Crippen MR) is 246 cm³/mol. The second-order valence-electron chi connectivity index (χ2n) is 15.9. The standard InChI is InChI=1S/2C10H20N2.3C6H15NO.2C2H6N.2Ti/c2*1-9(2,3)11-7-8-12-10(4,5)6;3*1-3-7(4-2)5-6-8;2*1-3-2;;/h2*7-8H,1-6H3;3*8H,3-6H2,1-2H3;2*1-2H3;;/q2*-2;;;;2*-1;+2;+4. The summed E-state index contributed by atoms with van der Waals surface area (Å²) >= 11 is 0. The van der Waals surface area contributed by atoms with Crippen molar-refractivity contribution < 1.29 is 58.8 Å². The normalized spacial score (nSPS) is 10.9. The number of nitrogens with zero attached hydrogens (tertiary/aromatic N) is 9. The topological polar surface area (TPSA) is 155 Å². The molecule has 0 saturated carbocycles. The van der Waals surface area contributed by atoms with Gasteiger partial charge >= 0.3 is 43.4 Å². The van der Waals surface area contributed by atoms with Gasteiger partial charge in [0.1, 0.15) is 0 Å². The van der Waals surface area contributed by atoms with E-state index in [9.17, 15) is 0 Å². The first-order chi connectivity index (χ1) is 24.8. The van der Waals surface area contributed by atoms with Crippen molar-refractivity contribution in [2.75, 3.05) is 107 Å². The Bertz CT molecular complexity index is 620. The first kappa shape index (κ1) is 76.5. The molecule has 0 radical (unpaired) electrons. The van der Waals surface area contributed by atoms with Crippen LogP contribution in [0, 0.1) is 0 Å². The van der Waals surface area contributed by atoms with E-state index in [1.165, 1.54) is 0 Å². The fourth-order valence-electron chi connectivity index (χ4n) is 3.07. The summed E-state index contributed by atoms with van der Waals surface area (Å²) in [5.41, 5.74) is 0.0155. The van der Waals surface area contributed by atoms with Gasteiger partial charge in [0.2, 0.25) is 0 Å². The molecule has 0 amide bonds. The van der Waals surface area contributed by atoms with Crippen LogP contribution in [0.4, 0.5) is 0 Å². The molecule has 3 N–H and O–H groups in total. The van der Waals surface area contributed by atoms with Crippen LogP contribution in [0.1, 0.15) is 125 Å². The van der Waals surface area contributed by atoms with Gasteiger partial charge in [0.05, 0.1) is 19.8 Å². The Morgan fingerprint density at radius 1 is 0.375 bits per heavy atom. The van der Waals surface area contributed by atoms with Gasteiger partial charge in [-0.1, -0.05) is 125 Å². The molecule has 0 heterocycles. The summed E-state index contributed by atoms with van der Waals surface area (Å²) in [6.45, 7) is 46.9. The van der Waals surface area contributed by atoms with E-state index in [4.69, 9.17) is 15.3 Å². The molecule has 0 saturated heterocycles. The average molecular weight is 872 g/mol. The molecule has 0 aromatic heterocycles. The zero-order valence-electron chi connectivity index (χ0n) is 41.2. The summed E-state index contributed by atoms with van der Waals surface area (Å²) in [4.78, 5) is 6.54. The molecule has 0 aromatic rings. The molecule has 0 fully saturated rings. The molecule has 0 aliphatic heterocycles. The Morgan fingerprint density at radius 2 is 0.500 bits per heavy atom. The Morgan fingerprint density at radius 3 is 0.554 bits per heavy atom. The maximum Gasteiger partial charge on any atom is 4.00 e. The molecule has 56 heavy (non-hydrogen) atoms. The van der Waals surface area contributed by atoms with Crippen molar-refractivity contribution >= 4 is 0 Å². The van der Waals surface area contributed by atoms with Crippen LogP contribution in [-0.4, -0.2) is 159 Å². The van der Waals surface area contributed by atoms with Gasteiger partial charge < -0.3 is 61.9 Å². The summed E-state index contributed by atoms with van der Waals surface area (Å²) < 4.78 is 0. The van der Waals surface area contributed by atoms with Gasteiger partial charge in [0.25, 0.3) is 0 Å². The van der Waals surface area contributed by atoms with Gasteiger partial charge in [-0.15, -0.1) is 22.2 Å². The second-order valence-corrected chi connectivity index (χ2v) is 15.9. The van der Waals surface area contributed by atoms with E-state index in [0.29, 0.717) is 0 Å². The third kappa shape index (κ3) is 99.6. The quantitative estimate of drug-likeness (QED) is 0.131. The summed E-state index contributed by atoms with van der Waals surface area (Å²) in [5, 5.41) is 49.5. The van der Waals surface area contributed by atoms with Gasteiger partial charge in [-0.05, 0) is 39.3 Å². The van der Waals surface area contributed by atoms with Crippen LogP contribution in [0.5, 0.6) is 0 Å². The summed E-state index contributed by atoms with van der Waals surface area (Å²) in [6.07, 6.45) is 7.08. The van der Waals surface area contributed by atoms with Crippen LogP contribution >= 0.6 is 0 Å². The van der Waals surface area contributed by atoms with E-state index in [1.54, 1.807) is 53.0 Å². The molecule has 0 atom stereocenters. The predicted octanol–water partition coefficient (Wildman–Crippen LogP) is 9.80. The smallest absolute Gasteiger partial charge is 0.687 e. The van der Waals surface area contributed by atoms with E-state index < -0.39 is 0 Å². The van der Waals surface area contributed by atoms with Crippen LogP contribution in [0.2, 0.25) is 0 Å². The molecule has 0 rings (SSSR count). The molecule has 0 unspecified atom stereocenters. The molecule has 0 bridgehead atoms. The van der Waals surface area contributed by atoms with Crippen LogP contribution in [0.15, 0.2) is 24.8 Å². The van der Waals surface area contributed by atoms with Crippen molar-refractivity contribution in [1.29, 1.82) is 0 Å². The zero-order chi connectivity index (χ0) is 44.3. The van der Waals surface area contributed by atoms with Crippen molar-refractivity contribution in [1.82, 2.24) is 14.7 Å². The SMILES string of the molecule is CC(C)(C)[N-]C=C[N-]C(C)(C)C.CC(C)(C)[N-]C=C[N-]C(C)(C)C.CCN(CC)CCO.CCN(CC)CCO.CCN(CC)CCO.C[N-]C.C[N-]C.[Ti+2].[Ti+4]. The first-order valence-corrected chi connectivity index (χ1v) is 19.9. The molecular formula is C42H97N9O3Ti2. The third-order valence-electron chi connectivity index (χ3n) is 5.91. The van der Waals surface area contributed by atoms with Crippen LogP contribution in [-0.2, 0) is 43.4 Å². The van der Waals surface area contributed by atoms with Crippen LogP contribution < -0.4 is 0 Å². The molecule has 0 aromatic carbocycles. The van der Waals surface area contributed by atoms with Gasteiger partial charge in [-0.25, -0.2) is 24.8 Å². The fourth-order valence-corrected chi connectivity index (χ4v) is 3.07. The van der Waals surface area contributed by atoms with Crippen molar-refractivity contribution in [3.63, 3.8) is 0 Å². The Labute approximate surface area is 381 Å². The van der Waals surface area contributed by atoms with Crippen LogP contribution in [0.25, 0.3) is 31.9 Å². The van der Waals surface area contributed by atoms with Gasteiger partial charge in [0.15, 0.2) is 0 Å². The van der Waals surface area contributed by atoms with E-state index in [1.807, 2.05) is 0 Å². The fraction of sp³-hybridized carbons (Fsp3) is 0.905. The van der Waals surface area contributed by atoms with Crippen molar-refractivity contribution in [2.24, 2.45) is 0 Å². The summed E-state index contributed by atoms with van der Waals surface area (Å²) in [7, 11) is 7.00. The molecule has 336 valence electrons. The molecule has 0 spiro atoms. The second kappa shape index (κ2) is 52.8. The van der Waals surface area contributed by atoms with E-state index in [2.05, 4.69) is 171 Å². The monoisotopic (exact) mass is 872 g/mol. The minimum absolute atomic E-state index is 0. The van der Waals surface area contributed by atoms with Crippen molar-refractivity contribution in [3.8, 4) is 0 Å². The van der Waals surface area contributed by atoms with Gasteiger partial charge in [0, 0.05) is 19.6 Å². The Hall–Kier alpha value is -0.211. The maximum atomic E-state index is 8.46. The van der Waals surface area contributed by atoms with Gasteiger partial charge in [-0.2, -0.15) is 28.2 Å². The van der Waals surface area contributed by atoms with Crippen LogP contribution in [0.3, 0.4) is 0 Å². The van der Waals surface area contributed by atoms with E-state index in [-0.39, 0.29) is 85.4 Å². The maximum absolute atomic E-state index is 8.46. The van der Waals surface area contributed by atoms with Crippen molar-refractivity contribution in [3.05, 3.63) is 56.7 Å². The number of aliphatic hydroxyl groups excluding tert-OH is 3. The molecule has 0 aliphatic rings. The Balaban J connectivity index is -0.0000000680. The van der Waals surface area contributed by atoms with Crippen molar-refractivity contribution in [2.45, 2.75) is 147 Å². The molecule has 12 nitrogen and oxygen atoms in total. The molecule has 0 aliphatic carbocycles. The van der Waals surface area contributed by atoms with Gasteiger partial charge in [-0.3, -0.25) is 0 Å². The first-order valence-electron chi connectivity index (χ1n) is 19.9. The Kier molecular flexibility index (Phi) is 72.1. The number of rotatable bonds is 16. The molecular weight excluding hydrogens is 774 g/mol. The average Bonchev–Trinajstić information content (AvgIpc) is 3.05. The summed E-state index contributed by atoms with van der Waals surface area (Å²) in [6, 6.07) is 0. The number of hydrogen-bond donors (Lipinski definition) is 3. The molecule has 14 heteroatoms. The minimum Gasteiger partial charge on any atom is -0.687 e. The zero-order valence-corrected chi connectivity index (χ0v) is 44.3. The number of hydrogen-bond acceptors (Lipinski definition) is 6. The van der Waals surface area contributed by atoms with E-state index in [0.717, 1.165) is 58.9 Å². The van der Waals surface area contributed by atoms with E-state index >= 15 is 0 Å². The number of likely N-dealkylation sites (N-methyl/N-ethyl adjacent to an activating group) is 3. The third-order valence-corrected chi connectivity index (χ3v) is 5.91. The number of aliphatic hydroxyl groups is 3.